The maximum atomic E-state index is 12.1. The lowest BCUT2D eigenvalue weighted by Crippen LogP contribution is -2.54. The minimum atomic E-state index is -0.274. The number of hydrogen-bond acceptors (Lipinski definition) is 3. The summed E-state index contributed by atoms with van der Waals surface area (Å²) in [6.45, 7) is 19.0. The van der Waals surface area contributed by atoms with Crippen LogP contribution in [0.25, 0.3) is 0 Å². The predicted molar refractivity (Wildman–Crippen MR) is 101 cm³/mol. The van der Waals surface area contributed by atoms with Crippen LogP contribution >= 0.6 is 0 Å². The van der Waals surface area contributed by atoms with Crippen LogP contribution in [0.2, 0.25) is 0 Å². The van der Waals surface area contributed by atoms with Gasteiger partial charge in [-0.1, -0.05) is 20.8 Å². The zero-order valence-electron chi connectivity index (χ0n) is 16.8. The second-order valence-corrected chi connectivity index (χ2v) is 9.90. The molecular formula is C20H39N3O. The summed E-state index contributed by atoms with van der Waals surface area (Å²) in [6.07, 6.45) is 4.81. The number of amides is 1. The smallest absolute Gasteiger partial charge is 0.225 e. The maximum Gasteiger partial charge on any atom is 0.225 e. The van der Waals surface area contributed by atoms with E-state index in [1.54, 1.807) is 0 Å². The first-order valence-corrected chi connectivity index (χ1v) is 9.84. The molecule has 2 fully saturated rings. The molecule has 0 radical (unpaired) electrons. The van der Waals surface area contributed by atoms with Gasteiger partial charge >= 0.3 is 0 Å². The van der Waals surface area contributed by atoms with Gasteiger partial charge in [-0.05, 0) is 52.4 Å². The van der Waals surface area contributed by atoms with E-state index in [-0.39, 0.29) is 11.3 Å². The van der Waals surface area contributed by atoms with Gasteiger partial charge in [-0.3, -0.25) is 9.69 Å². The van der Waals surface area contributed by atoms with Crippen LogP contribution < -0.4 is 5.32 Å². The highest BCUT2D eigenvalue weighted by atomic mass is 16.2. The number of carbonyl (C=O) groups excluding carboxylic acids is 1. The van der Waals surface area contributed by atoms with E-state index in [1.807, 2.05) is 20.8 Å². The molecule has 1 N–H and O–H groups in total. The van der Waals surface area contributed by atoms with Gasteiger partial charge in [0.25, 0.3) is 0 Å². The molecule has 0 aromatic heterocycles. The van der Waals surface area contributed by atoms with Crippen LogP contribution in [0.3, 0.4) is 0 Å². The fourth-order valence-electron chi connectivity index (χ4n) is 3.86. The van der Waals surface area contributed by atoms with Gasteiger partial charge in [0.15, 0.2) is 0 Å². The topological polar surface area (TPSA) is 35.6 Å². The van der Waals surface area contributed by atoms with Crippen LogP contribution in [-0.4, -0.2) is 60.0 Å². The van der Waals surface area contributed by atoms with Crippen molar-refractivity contribution in [2.45, 2.75) is 78.8 Å². The average Bonchev–Trinajstić information content (AvgIpc) is 2.48. The molecule has 4 heteroatoms. The van der Waals surface area contributed by atoms with E-state index in [4.69, 9.17) is 0 Å². The van der Waals surface area contributed by atoms with Crippen LogP contribution in [-0.2, 0) is 4.79 Å². The van der Waals surface area contributed by atoms with Gasteiger partial charge in [-0.25, -0.2) is 0 Å². The highest BCUT2D eigenvalue weighted by Gasteiger charge is 2.30. The van der Waals surface area contributed by atoms with Crippen LogP contribution in [0.5, 0.6) is 0 Å². The van der Waals surface area contributed by atoms with E-state index in [0.717, 1.165) is 18.8 Å². The second-order valence-electron chi connectivity index (χ2n) is 9.90. The molecule has 1 aliphatic carbocycles. The molecule has 0 unspecified atom stereocenters. The molecular weight excluding hydrogens is 298 g/mol. The molecule has 24 heavy (non-hydrogen) atoms. The largest absolute Gasteiger partial charge is 0.353 e. The number of carbonyl (C=O) groups is 1. The highest BCUT2D eigenvalue weighted by Crippen LogP contribution is 2.27. The van der Waals surface area contributed by atoms with Crippen molar-refractivity contribution < 1.29 is 4.79 Å². The van der Waals surface area contributed by atoms with Crippen molar-refractivity contribution >= 4 is 5.91 Å². The van der Waals surface area contributed by atoms with Crippen molar-refractivity contribution in [1.82, 2.24) is 15.1 Å². The Morgan fingerprint density at radius 3 is 1.92 bits per heavy atom. The van der Waals surface area contributed by atoms with Crippen LogP contribution in [0.15, 0.2) is 0 Å². The van der Waals surface area contributed by atoms with Crippen molar-refractivity contribution in [1.29, 1.82) is 0 Å². The molecule has 1 amide bonds. The fraction of sp³-hybridized carbons (Fsp3) is 0.950. The van der Waals surface area contributed by atoms with E-state index in [2.05, 4.69) is 35.9 Å². The molecule has 0 spiro atoms. The number of nitrogens with zero attached hydrogens (tertiary/aromatic N) is 2. The third-order valence-electron chi connectivity index (χ3n) is 5.70. The number of piperazine rings is 1. The summed E-state index contributed by atoms with van der Waals surface area (Å²) in [4.78, 5) is 17.4. The first kappa shape index (κ1) is 19.7. The van der Waals surface area contributed by atoms with Gasteiger partial charge in [-0.15, -0.1) is 0 Å². The average molecular weight is 338 g/mol. The SMILES string of the molecule is CC(C)(C)C(=O)NC1CCC(CN2CCN(C(C)(C)C)CC2)CC1. The minimum Gasteiger partial charge on any atom is -0.353 e. The monoisotopic (exact) mass is 337 g/mol. The number of nitrogens with one attached hydrogen (secondary N) is 1. The van der Waals surface area contributed by atoms with Gasteiger partial charge in [0.1, 0.15) is 0 Å². The lowest BCUT2D eigenvalue weighted by molar-refractivity contribution is -0.129. The Labute approximate surface area is 149 Å². The Morgan fingerprint density at radius 1 is 0.917 bits per heavy atom. The predicted octanol–water partition coefficient (Wildman–Crippen LogP) is 3.12. The quantitative estimate of drug-likeness (QED) is 0.859. The Kier molecular flexibility index (Phi) is 6.35. The minimum absolute atomic E-state index is 0.198. The Bertz CT molecular complexity index is 406. The van der Waals surface area contributed by atoms with Crippen molar-refractivity contribution in [3.05, 3.63) is 0 Å². The summed E-state index contributed by atoms with van der Waals surface area (Å²) in [5.41, 5.74) is 0.0268. The van der Waals surface area contributed by atoms with Crippen molar-refractivity contribution in [2.24, 2.45) is 11.3 Å². The molecule has 140 valence electrons. The van der Waals surface area contributed by atoms with Crippen molar-refractivity contribution in [2.75, 3.05) is 32.7 Å². The molecule has 2 aliphatic rings. The Hall–Kier alpha value is -0.610. The van der Waals surface area contributed by atoms with E-state index in [1.165, 1.54) is 45.6 Å². The summed E-state index contributed by atoms with van der Waals surface area (Å²) in [7, 11) is 0. The molecule has 0 bridgehead atoms. The summed E-state index contributed by atoms with van der Waals surface area (Å²) in [5, 5.41) is 3.25. The Morgan fingerprint density at radius 2 is 1.46 bits per heavy atom. The third-order valence-corrected chi connectivity index (χ3v) is 5.70. The molecule has 1 heterocycles. The number of rotatable bonds is 3. The fourth-order valence-corrected chi connectivity index (χ4v) is 3.86. The normalized spacial score (nSPS) is 27.9. The van der Waals surface area contributed by atoms with Crippen LogP contribution in [0, 0.1) is 11.3 Å². The van der Waals surface area contributed by atoms with E-state index < -0.39 is 0 Å². The van der Waals surface area contributed by atoms with Gasteiger partial charge in [0.05, 0.1) is 0 Å². The van der Waals surface area contributed by atoms with Crippen LogP contribution in [0.1, 0.15) is 67.2 Å². The van der Waals surface area contributed by atoms with Gasteiger partial charge in [-0.2, -0.15) is 0 Å². The maximum absolute atomic E-state index is 12.1. The van der Waals surface area contributed by atoms with Crippen molar-refractivity contribution in [3.63, 3.8) is 0 Å². The number of hydrogen-bond donors (Lipinski definition) is 1. The van der Waals surface area contributed by atoms with Gasteiger partial charge < -0.3 is 10.2 Å². The third kappa shape index (κ3) is 5.73. The summed E-state index contributed by atoms with van der Waals surface area (Å²) >= 11 is 0. The molecule has 2 rings (SSSR count). The zero-order chi connectivity index (χ0) is 18.0. The zero-order valence-corrected chi connectivity index (χ0v) is 16.8. The molecule has 1 saturated carbocycles. The van der Waals surface area contributed by atoms with Crippen LogP contribution in [0.4, 0.5) is 0 Å². The summed E-state index contributed by atoms with van der Waals surface area (Å²) < 4.78 is 0. The summed E-state index contributed by atoms with van der Waals surface area (Å²) in [6, 6.07) is 0.394. The van der Waals surface area contributed by atoms with Gasteiger partial charge in [0.2, 0.25) is 5.91 Å². The summed E-state index contributed by atoms with van der Waals surface area (Å²) in [5.74, 6) is 1.01. The van der Waals surface area contributed by atoms with E-state index >= 15 is 0 Å². The first-order valence-electron chi connectivity index (χ1n) is 9.84. The molecule has 1 aliphatic heterocycles. The molecule has 1 saturated heterocycles. The Balaban J connectivity index is 1.68. The van der Waals surface area contributed by atoms with Crippen molar-refractivity contribution in [3.8, 4) is 0 Å². The molecule has 0 aromatic rings. The highest BCUT2D eigenvalue weighted by molar-refractivity contribution is 5.81. The lowest BCUT2D eigenvalue weighted by Gasteiger charge is -2.43. The van der Waals surface area contributed by atoms with Gasteiger partial charge in [0, 0.05) is 49.7 Å². The molecule has 0 aromatic carbocycles. The van der Waals surface area contributed by atoms with E-state index in [9.17, 15) is 4.79 Å². The second kappa shape index (κ2) is 7.74. The van der Waals surface area contributed by atoms with E-state index in [0.29, 0.717) is 11.6 Å². The lowest BCUT2D eigenvalue weighted by atomic mass is 9.84. The molecule has 0 atom stereocenters. The molecule has 4 nitrogen and oxygen atoms in total. The standard InChI is InChI=1S/C20H39N3O/c1-19(2,3)18(24)21-17-9-7-16(8-10-17)15-22-11-13-23(14-12-22)20(4,5)6/h16-17H,7-15H2,1-6H3,(H,21,24). The first-order chi connectivity index (χ1) is 11.1.